The summed E-state index contributed by atoms with van der Waals surface area (Å²) in [6.07, 6.45) is 4.87. The van der Waals surface area contributed by atoms with Crippen molar-refractivity contribution >= 4 is 11.9 Å². The van der Waals surface area contributed by atoms with Crippen LogP contribution in [0, 0.1) is 5.41 Å². The number of fused-ring (bicyclic) bond motifs is 1. The summed E-state index contributed by atoms with van der Waals surface area (Å²) in [6.45, 7) is 7.19. The Kier molecular flexibility index (Phi) is 4.62. The van der Waals surface area contributed by atoms with E-state index in [1.807, 2.05) is 25.5 Å². The number of nitrogens with zero attached hydrogens (tertiary/aromatic N) is 2. The summed E-state index contributed by atoms with van der Waals surface area (Å²) in [4.78, 5) is 25.5. The minimum atomic E-state index is -1.08. The first-order valence-corrected chi connectivity index (χ1v) is 8.94. The molecule has 1 aromatic rings. The van der Waals surface area contributed by atoms with Crippen LogP contribution in [-0.4, -0.2) is 47.0 Å². The number of esters is 1. The van der Waals surface area contributed by atoms with Crippen LogP contribution in [0.5, 0.6) is 0 Å². The van der Waals surface area contributed by atoms with E-state index in [2.05, 4.69) is 10.4 Å². The summed E-state index contributed by atoms with van der Waals surface area (Å²) in [6, 6.07) is 0. The van der Waals surface area contributed by atoms with Crippen LogP contribution in [0.2, 0.25) is 0 Å². The Hall–Kier alpha value is -1.89. The third-order valence-electron chi connectivity index (χ3n) is 5.85. The second-order valence-corrected chi connectivity index (χ2v) is 7.41. The molecule has 1 amide bonds. The van der Waals surface area contributed by atoms with Crippen molar-refractivity contribution in [3.8, 4) is 0 Å². The molecule has 1 aromatic heterocycles. The number of hydrogen-bond donors (Lipinski definition) is 1. The zero-order valence-electron chi connectivity index (χ0n) is 15.4. The summed E-state index contributed by atoms with van der Waals surface area (Å²) in [5.74, 6) is -0.695. The highest BCUT2D eigenvalue weighted by Gasteiger charge is 2.67. The third-order valence-corrected chi connectivity index (χ3v) is 5.85. The maximum Gasteiger partial charge on any atom is 0.332 e. The smallest absolute Gasteiger partial charge is 0.332 e. The Morgan fingerprint density at radius 1 is 1.40 bits per heavy atom. The van der Waals surface area contributed by atoms with Crippen LogP contribution < -0.4 is 5.32 Å². The second-order valence-electron chi connectivity index (χ2n) is 7.41. The number of rotatable bonds is 5. The van der Waals surface area contributed by atoms with Gasteiger partial charge in [-0.15, -0.1) is 0 Å². The van der Waals surface area contributed by atoms with Crippen LogP contribution in [0.25, 0.3) is 0 Å². The predicted molar refractivity (Wildman–Crippen MR) is 91.2 cm³/mol. The van der Waals surface area contributed by atoms with Gasteiger partial charge in [-0.25, -0.2) is 4.79 Å². The van der Waals surface area contributed by atoms with Crippen molar-refractivity contribution in [3.63, 3.8) is 0 Å². The van der Waals surface area contributed by atoms with Gasteiger partial charge in [-0.3, -0.25) is 9.48 Å². The van der Waals surface area contributed by atoms with E-state index in [0.717, 1.165) is 31.5 Å². The molecular formula is C18H27N3O4. The fraction of sp³-hybridized carbons (Fsp3) is 0.722. The molecule has 1 fully saturated rings. The molecule has 1 aliphatic heterocycles. The Morgan fingerprint density at radius 3 is 2.80 bits per heavy atom. The Balaban J connectivity index is 1.86. The van der Waals surface area contributed by atoms with Crippen LogP contribution in [0.4, 0.5) is 0 Å². The maximum absolute atomic E-state index is 12.9. The zero-order chi connectivity index (χ0) is 18.2. The SMILES string of the molecule is CCOC1CC(NC(=O)c2cnn3c2CCCC3)(C(=O)OC)C1(C)C. The lowest BCUT2D eigenvalue weighted by Gasteiger charge is -2.58. The number of aromatic nitrogens is 2. The monoisotopic (exact) mass is 349 g/mol. The van der Waals surface area contributed by atoms with Gasteiger partial charge in [-0.2, -0.15) is 5.10 Å². The summed E-state index contributed by atoms with van der Waals surface area (Å²) < 4.78 is 12.6. The van der Waals surface area contributed by atoms with Crippen molar-refractivity contribution in [2.45, 2.75) is 64.6 Å². The number of nitrogens with one attached hydrogen (secondary N) is 1. The minimum absolute atomic E-state index is 0.0991. The molecule has 2 atom stereocenters. The van der Waals surface area contributed by atoms with Gasteiger partial charge < -0.3 is 14.8 Å². The van der Waals surface area contributed by atoms with Crippen molar-refractivity contribution in [1.29, 1.82) is 0 Å². The molecule has 1 aliphatic carbocycles. The van der Waals surface area contributed by atoms with E-state index in [9.17, 15) is 9.59 Å². The predicted octanol–water partition coefficient (Wildman–Crippen LogP) is 1.70. The van der Waals surface area contributed by atoms with Crippen LogP contribution >= 0.6 is 0 Å². The second kappa shape index (κ2) is 6.44. The topological polar surface area (TPSA) is 82.5 Å². The van der Waals surface area contributed by atoms with E-state index in [4.69, 9.17) is 9.47 Å². The van der Waals surface area contributed by atoms with Gasteiger partial charge in [0.05, 0.1) is 30.7 Å². The van der Waals surface area contributed by atoms with Gasteiger partial charge in [0.15, 0.2) is 0 Å². The van der Waals surface area contributed by atoms with Crippen molar-refractivity contribution < 1.29 is 19.1 Å². The molecule has 2 unspecified atom stereocenters. The molecule has 0 spiro atoms. The number of amides is 1. The molecule has 7 nitrogen and oxygen atoms in total. The molecule has 0 aromatic carbocycles. The highest BCUT2D eigenvalue weighted by molar-refractivity contribution is 5.99. The van der Waals surface area contributed by atoms with E-state index in [1.54, 1.807) is 6.20 Å². The quantitative estimate of drug-likeness (QED) is 0.818. The number of methoxy groups -OCH3 is 1. The summed E-state index contributed by atoms with van der Waals surface area (Å²) in [5.41, 5.74) is -0.137. The summed E-state index contributed by atoms with van der Waals surface area (Å²) in [7, 11) is 1.35. The molecule has 1 saturated carbocycles. The van der Waals surface area contributed by atoms with E-state index in [-0.39, 0.29) is 12.0 Å². The van der Waals surface area contributed by atoms with Crippen LogP contribution in [-0.2, 0) is 27.2 Å². The van der Waals surface area contributed by atoms with Crippen molar-refractivity contribution in [1.82, 2.24) is 15.1 Å². The van der Waals surface area contributed by atoms with Crippen molar-refractivity contribution in [2.75, 3.05) is 13.7 Å². The number of carbonyl (C=O) groups excluding carboxylic acids is 2. The van der Waals surface area contributed by atoms with Gasteiger partial charge in [-0.1, -0.05) is 13.8 Å². The van der Waals surface area contributed by atoms with Gasteiger partial charge in [-0.05, 0) is 26.2 Å². The molecular weight excluding hydrogens is 322 g/mol. The standard InChI is InChI=1S/C18H27N3O4/c1-5-25-14-10-18(16(23)24-4,17(14,2)3)20-15(22)12-11-19-21-9-7-6-8-13(12)21/h11,14H,5-10H2,1-4H3,(H,20,22). The van der Waals surface area contributed by atoms with E-state index in [1.165, 1.54) is 7.11 Å². The molecule has 25 heavy (non-hydrogen) atoms. The van der Waals surface area contributed by atoms with Gasteiger partial charge in [0.1, 0.15) is 5.54 Å². The normalized spacial score (nSPS) is 27.1. The Morgan fingerprint density at radius 2 is 2.16 bits per heavy atom. The molecule has 0 saturated heterocycles. The maximum atomic E-state index is 12.9. The van der Waals surface area contributed by atoms with E-state index in [0.29, 0.717) is 18.6 Å². The highest BCUT2D eigenvalue weighted by Crippen LogP contribution is 2.52. The Bertz CT molecular complexity index is 682. The lowest BCUT2D eigenvalue weighted by Crippen LogP contribution is -2.76. The number of ether oxygens (including phenoxy) is 2. The highest BCUT2D eigenvalue weighted by atomic mass is 16.5. The van der Waals surface area contributed by atoms with E-state index < -0.39 is 16.9 Å². The molecule has 2 heterocycles. The first kappa shape index (κ1) is 17.9. The first-order chi connectivity index (χ1) is 11.9. The summed E-state index contributed by atoms with van der Waals surface area (Å²) in [5, 5.41) is 7.28. The average Bonchev–Trinajstić information content (AvgIpc) is 3.04. The largest absolute Gasteiger partial charge is 0.467 e. The molecule has 7 heteroatoms. The Labute approximate surface area is 148 Å². The molecule has 2 aliphatic rings. The van der Waals surface area contributed by atoms with Crippen molar-refractivity contribution in [2.24, 2.45) is 5.41 Å². The van der Waals surface area contributed by atoms with Gasteiger partial charge in [0.2, 0.25) is 0 Å². The lowest BCUT2D eigenvalue weighted by molar-refractivity contribution is -0.193. The zero-order valence-corrected chi connectivity index (χ0v) is 15.4. The van der Waals surface area contributed by atoms with Crippen molar-refractivity contribution in [3.05, 3.63) is 17.5 Å². The summed E-state index contributed by atoms with van der Waals surface area (Å²) >= 11 is 0. The van der Waals surface area contributed by atoms with Crippen LogP contribution in [0.3, 0.4) is 0 Å². The number of hydrogen-bond acceptors (Lipinski definition) is 5. The van der Waals surface area contributed by atoms with Crippen LogP contribution in [0.1, 0.15) is 56.1 Å². The minimum Gasteiger partial charge on any atom is -0.467 e. The lowest BCUT2D eigenvalue weighted by atomic mass is 9.54. The van der Waals surface area contributed by atoms with E-state index >= 15 is 0 Å². The molecule has 1 N–H and O–H groups in total. The fourth-order valence-electron chi connectivity index (χ4n) is 4.06. The fourth-order valence-corrected chi connectivity index (χ4v) is 4.06. The third kappa shape index (κ3) is 2.65. The van der Waals surface area contributed by atoms with Gasteiger partial charge in [0, 0.05) is 25.0 Å². The molecule has 0 radical (unpaired) electrons. The van der Waals surface area contributed by atoms with Gasteiger partial charge >= 0.3 is 5.97 Å². The average molecular weight is 349 g/mol. The number of aryl methyl sites for hydroxylation is 1. The molecule has 138 valence electrons. The number of carbonyl (C=O) groups is 2. The molecule has 3 rings (SSSR count). The van der Waals surface area contributed by atoms with Crippen LogP contribution in [0.15, 0.2) is 6.20 Å². The first-order valence-electron chi connectivity index (χ1n) is 8.94. The van der Waals surface area contributed by atoms with Gasteiger partial charge in [0.25, 0.3) is 5.91 Å². The molecule has 0 bridgehead atoms.